The lowest BCUT2D eigenvalue weighted by molar-refractivity contribution is -0.120. The van der Waals surface area contributed by atoms with Crippen LogP contribution < -0.4 is 5.32 Å². The van der Waals surface area contributed by atoms with E-state index in [4.69, 9.17) is 4.74 Å². The summed E-state index contributed by atoms with van der Waals surface area (Å²) in [5.74, 6) is 0.701. The van der Waals surface area contributed by atoms with Gasteiger partial charge >= 0.3 is 0 Å². The van der Waals surface area contributed by atoms with Gasteiger partial charge in [-0.15, -0.1) is 0 Å². The molecular weight excluding hydrogens is 282 g/mol. The Kier molecular flexibility index (Phi) is 6.43. The first kappa shape index (κ1) is 18.2. The Bertz CT molecular complexity index is 492. The maximum Gasteiger partial charge on any atom is 0.0631 e. The van der Waals surface area contributed by atoms with E-state index in [0.717, 1.165) is 19.7 Å². The van der Waals surface area contributed by atoms with Gasteiger partial charge in [-0.25, -0.2) is 0 Å². The average molecular weight is 316 g/mol. The van der Waals surface area contributed by atoms with Gasteiger partial charge in [-0.05, 0) is 56.6 Å². The van der Waals surface area contributed by atoms with Gasteiger partial charge in [0.15, 0.2) is 0 Å². The van der Waals surface area contributed by atoms with Crippen LogP contribution in [0.5, 0.6) is 0 Å². The van der Waals surface area contributed by atoms with Crippen LogP contribution in [-0.4, -0.2) is 25.3 Å². The molecule has 2 rings (SSSR count). The van der Waals surface area contributed by atoms with Crippen molar-refractivity contribution in [3.63, 3.8) is 0 Å². The fraction of sp³-hybridized carbons (Fsp3) is 0.619. The first-order valence-electron chi connectivity index (χ1n) is 9.00. The summed E-state index contributed by atoms with van der Waals surface area (Å²) in [5, 5.41) is 3.58. The topological polar surface area (TPSA) is 21.3 Å². The largest absolute Gasteiger partial charge is 0.376 e. The molecule has 1 fully saturated rings. The summed E-state index contributed by atoms with van der Waals surface area (Å²) < 4.78 is 5.93. The van der Waals surface area contributed by atoms with Crippen molar-refractivity contribution in [2.24, 2.45) is 11.3 Å². The number of hydrogen-bond acceptors (Lipinski definition) is 2. The summed E-state index contributed by atoms with van der Waals surface area (Å²) in [4.78, 5) is 0. The Morgan fingerprint density at radius 2 is 1.96 bits per heavy atom. The van der Waals surface area contributed by atoms with Crippen LogP contribution in [0.2, 0.25) is 0 Å². The minimum atomic E-state index is 0.0235. The minimum Gasteiger partial charge on any atom is -0.376 e. The zero-order valence-electron chi connectivity index (χ0n) is 15.3. The van der Waals surface area contributed by atoms with Crippen LogP contribution in [0.4, 0.5) is 0 Å². The second-order valence-electron chi connectivity index (χ2n) is 7.82. The maximum absolute atomic E-state index is 5.93. The predicted molar refractivity (Wildman–Crippen MR) is 99.5 cm³/mol. The van der Waals surface area contributed by atoms with Gasteiger partial charge in [0.1, 0.15) is 0 Å². The van der Waals surface area contributed by atoms with E-state index in [0.29, 0.717) is 11.3 Å². The fourth-order valence-corrected chi connectivity index (χ4v) is 3.79. The lowest BCUT2D eigenvalue weighted by Gasteiger charge is -2.48. The molecule has 1 aliphatic heterocycles. The smallest absolute Gasteiger partial charge is 0.0631 e. The van der Waals surface area contributed by atoms with E-state index < -0.39 is 0 Å². The highest BCUT2D eigenvalue weighted by molar-refractivity contribution is 5.48. The summed E-state index contributed by atoms with van der Waals surface area (Å²) in [5.41, 5.74) is 1.70. The third-order valence-corrected chi connectivity index (χ3v) is 5.27. The van der Waals surface area contributed by atoms with Gasteiger partial charge < -0.3 is 10.1 Å². The van der Waals surface area contributed by atoms with E-state index in [1.807, 2.05) is 0 Å². The van der Waals surface area contributed by atoms with Crippen molar-refractivity contribution in [2.75, 3.05) is 19.7 Å². The van der Waals surface area contributed by atoms with Crippen LogP contribution in [0, 0.1) is 11.3 Å². The molecule has 1 aromatic carbocycles. The SMILES string of the molecule is CC(C)C1(CCNCC=Cc2ccccc2)CCOC(C)(C)C1. The molecule has 0 spiro atoms. The van der Waals surface area contributed by atoms with Gasteiger partial charge in [0, 0.05) is 13.2 Å². The zero-order valence-corrected chi connectivity index (χ0v) is 15.3. The highest BCUT2D eigenvalue weighted by Gasteiger charge is 2.42. The van der Waals surface area contributed by atoms with Gasteiger partial charge in [0.2, 0.25) is 0 Å². The van der Waals surface area contributed by atoms with E-state index in [1.54, 1.807) is 0 Å². The molecular formula is C21H33NO. The molecule has 128 valence electrons. The van der Waals surface area contributed by atoms with Crippen LogP contribution >= 0.6 is 0 Å². The van der Waals surface area contributed by atoms with Gasteiger partial charge in [-0.2, -0.15) is 0 Å². The van der Waals surface area contributed by atoms with E-state index in [-0.39, 0.29) is 5.60 Å². The molecule has 0 bridgehead atoms. The van der Waals surface area contributed by atoms with Gasteiger partial charge in [0.05, 0.1) is 5.60 Å². The number of rotatable bonds is 7. The van der Waals surface area contributed by atoms with Gasteiger partial charge in [-0.1, -0.05) is 56.3 Å². The predicted octanol–water partition coefficient (Wildman–Crippen LogP) is 4.91. The van der Waals surface area contributed by atoms with Crippen LogP contribution in [0.25, 0.3) is 6.08 Å². The third kappa shape index (κ3) is 5.47. The highest BCUT2D eigenvalue weighted by atomic mass is 16.5. The molecule has 1 aliphatic rings. The summed E-state index contributed by atoms with van der Waals surface area (Å²) in [6.45, 7) is 12.1. The lowest BCUT2D eigenvalue weighted by Crippen LogP contribution is -2.45. The number of benzene rings is 1. The number of ether oxygens (including phenoxy) is 1. The Balaban J connectivity index is 1.78. The monoisotopic (exact) mass is 315 g/mol. The Hall–Kier alpha value is -1.12. The molecule has 0 saturated carbocycles. The second-order valence-corrected chi connectivity index (χ2v) is 7.82. The quantitative estimate of drug-likeness (QED) is 0.722. The fourth-order valence-electron chi connectivity index (χ4n) is 3.79. The molecule has 1 N–H and O–H groups in total. The Morgan fingerprint density at radius 3 is 2.61 bits per heavy atom. The molecule has 2 nitrogen and oxygen atoms in total. The first-order chi connectivity index (χ1) is 10.9. The van der Waals surface area contributed by atoms with Crippen LogP contribution in [-0.2, 0) is 4.74 Å². The molecule has 0 amide bonds. The van der Waals surface area contributed by atoms with Crippen molar-refractivity contribution < 1.29 is 4.74 Å². The Morgan fingerprint density at radius 1 is 1.22 bits per heavy atom. The summed E-state index contributed by atoms with van der Waals surface area (Å²) in [6, 6.07) is 10.5. The van der Waals surface area contributed by atoms with E-state index in [2.05, 4.69) is 75.5 Å². The molecule has 1 atom stereocenters. The molecule has 0 aromatic heterocycles. The molecule has 2 heteroatoms. The van der Waals surface area contributed by atoms with Crippen molar-refractivity contribution in [1.82, 2.24) is 5.32 Å². The van der Waals surface area contributed by atoms with Crippen molar-refractivity contribution in [2.45, 2.75) is 52.6 Å². The Labute approximate surface area is 142 Å². The summed E-state index contributed by atoms with van der Waals surface area (Å²) in [7, 11) is 0. The molecule has 1 heterocycles. The molecule has 1 unspecified atom stereocenters. The van der Waals surface area contributed by atoms with Crippen molar-refractivity contribution >= 4 is 6.08 Å². The van der Waals surface area contributed by atoms with Gasteiger partial charge in [0.25, 0.3) is 0 Å². The normalized spacial score (nSPS) is 24.4. The lowest BCUT2D eigenvalue weighted by atomic mass is 9.65. The van der Waals surface area contributed by atoms with Crippen molar-refractivity contribution in [3.05, 3.63) is 42.0 Å². The zero-order chi connectivity index (χ0) is 16.8. The summed E-state index contributed by atoms with van der Waals surface area (Å²) >= 11 is 0. The molecule has 23 heavy (non-hydrogen) atoms. The van der Waals surface area contributed by atoms with Crippen LogP contribution in [0.3, 0.4) is 0 Å². The highest BCUT2D eigenvalue weighted by Crippen LogP contribution is 2.46. The maximum atomic E-state index is 5.93. The molecule has 0 aliphatic carbocycles. The number of hydrogen-bond donors (Lipinski definition) is 1. The number of nitrogens with one attached hydrogen (secondary N) is 1. The third-order valence-electron chi connectivity index (χ3n) is 5.27. The van der Waals surface area contributed by atoms with E-state index in [9.17, 15) is 0 Å². The molecule has 1 aromatic rings. The van der Waals surface area contributed by atoms with Crippen molar-refractivity contribution in [3.8, 4) is 0 Å². The summed E-state index contributed by atoms with van der Waals surface area (Å²) in [6.07, 6.45) is 7.99. The van der Waals surface area contributed by atoms with E-state index in [1.165, 1.54) is 24.8 Å². The second kappa shape index (κ2) is 8.12. The molecule has 0 radical (unpaired) electrons. The molecule has 1 saturated heterocycles. The van der Waals surface area contributed by atoms with Gasteiger partial charge in [-0.3, -0.25) is 0 Å². The van der Waals surface area contributed by atoms with E-state index >= 15 is 0 Å². The minimum absolute atomic E-state index is 0.0235. The first-order valence-corrected chi connectivity index (χ1v) is 9.00. The standard InChI is InChI=1S/C21H33NO/c1-18(2)21(13-16-23-20(3,4)17-21)12-15-22-14-8-11-19-9-6-5-7-10-19/h5-11,18,22H,12-17H2,1-4H3. The van der Waals surface area contributed by atoms with Crippen LogP contribution in [0.1, 0.15) is 52.5 Å². The van der Waals surface area contributed by atoms with Crippen molar-refractivity contribution in [1.29, 1.82) is 0 Å². The van der Waals surface area contributed by atoms with Crippen LogP contribution in [0.15, 0.2) is 36.4 Å². The average Bonchev–Trinajstić information content (AvgIpc) is 2.50.